The SMILES string of the molecule is C[C@@H](N)CC1=C[N+](C)(C(=O)O)c2ccccc21. The molecule has 1 aromatic rings. The van der Waals surface area contributed by atoms with E-state index in [0.717, 1.165) is 16.8 Å². The first-order valence-corrected chi connectivity index (χ1v) is 5.62. The Kier molecular flexibility index (Phi) is 2.77. The molecule has 0 spiro atoms. The molecule has 1 aromatic carbocycles. The Labute approximate surface area is 101 Å². The summed E-state index contributed by atoms with van der Waals surface area (Å²) in [6.07, 6.45) is 1.59. The van der Waals surface area contributed by atoms with E-state index in [-0.39, 0.29) is 10.5 Å². The van der Waals surface area contributed by atoms with Crippen LogP contribution in [0, 0.1) is 0 Å². The zero-order valence-electron chi connectivity index (χ0n) is 10.1. The van der Waals surface area contributed by atoms with Crippen LogP contribution in [0.25, 0.3) is 5.57 Å². The number of nitrogens with zero attached hydrogens (tertiary/aromatic N) is 1. The fourth-order valence-corrected chi connectivity index (χ4v) is 2.27. The Morgan fingerprint density at radius 3 is 2.71 bits per heavy atom. The molecular weight excluding hydrogens is 216 g/mol. The summed E-state index contributed by atoms with van der Waals surface area (Å²) in [6, 6.07) is 7.62. The Balaban J connectivity index is 2.53. The van der Waals surface area contributed by atoms with Gasteiger partial charge in [-0.25, -0.2) is 0 Å². The molecule has 0 bridgehead atoms. The number of carboxylic acid groups (broad SMARTS) is 1. The lowest BCUT2D eigenvalue weighted by Crippen LogP contribution is -2.42. The van der Waals surface area contributed by atoms with Crippen molar-refractivity contribution in [2.75, 3.05) is 7.05 Å². The van der Waals surface area contributed by atoms with Crippen molar-refractivity contribution in [3.63, 3.8) is 0 Å². The number of quaternary nitrogens is 1. The lowest BCUT2D eigenvalue weighted by molar-refractivity contribution is 0.171. The summed E-state index contributed by atoms with van der Waals surface area (Å²) in [7, 11) is 1.68. The summed E-state index contributed by atoms with van der Waals surface area (Å²) in [5.41, 5.74) is 8.61. The summed E-state index contributed by atoms with van der Waals surface area (Å²) in [4.78, 5) is 11.4. The molecule has 1 amide bonds. The van der Waals surface area contributed by atoms with Gasteiger partial charge < -0.3 is 10.8 Å². The number of rotatable bonds is 2. The van der Waals surface area contributed by atoms with E-state index in [1.807, 2.05) is 31.2 Å². The molecule has 2 atom stereocenters. The van der Waals surface area contributed by atoms with Gasteiger partial charge in [-0.05, 0) is 19.4 Å². The molecule has 90 valence electrons. The molecule has 1 heterocycles. The quantitative estimate of drug-likeness (QED) is 0.771. The van der Waals surface area contributed by atoms with Crippen LogP contribution in [0.3, 0.4) is 0 Å². The predicted molar refractivity (Wildman–Crippen MR) is 68.4 cm³/mol. The maximum absolute atomic E-state index is 11.4. The van der Waals surface area contributed by atoms with E-state index in [2.05, 4.69) is 0 Å². The second kappa shape index (κ2) is 3.98. The van der Waals surface area contributed by atoms with Crippen LogP contribution in [0.4, 0.5) is 10.5 Å². The minimum Gasteiger partial charge on any atom is -0.435 e. The molecule has 3 N–H and O–H groups in total. The largest absolute Gasteiger partial charge is 0.523 e. The number of benzene rings is 1. The van der Waals surface area contributed by atoms with Gasteiger partial charge in [0.15, 0.2) is 5.69 Å². The Hall–Kier alpha value is -1.65. The summed E-state index contributed by atoms with van der Waals surface area (Å²) in [6.45, 7) is 1.92. The molecule has 0 aromatic heterocycles. The van der Waals surface area contributed by atoms with Gasteiger partial charge in [-0.2, -0.15) is 9.28 Å². The van der Waals surface area contributed by atoms with Gasteiger partial charge in [0.2, 0.25) is 0 Å². The number of para-hydroxylation sites is 1. The zero-order valence-corrected chi connectivity index (χ0v) is 10.1. The minimum atomic E-state index is -0.878. The van der Waals surface area contributed by atoms with Crippen molar-refractivity contribution in [1.29, 1.82) is 0 Å². The van der Waals surface area contributed by atoms with Crippen molar-refractivity contribution in [2.45, 2.75) is 19.4 Å². The number of hydrogen-bond acceptors (Lipinski definition) is 2. The summed E-state index contributed by atoms with van der Waals surface area (Å²) in [5, 5.41) is 9.37. The minimum absolute atomic E-state index is 0.0228. The van der Waals surface area contributed by atoms with E-state index in [1.165, 1.54) is 0 Å². The van der Waals surface area contributed by atoms with E-state index in [9.17, 15) is 9.90 Å². The van der Waals surface area contributed by atoms with Crippen molar-refractivity contribution in [3.8, 4) is 0 Å². The molecule has 0 fully saturated rings. The van der Waals surface area contributed by atoms with Gasteiger partial charge in [0.05, 0.1) is 7.05 Å². The summed E-state index contributed by atoms with van der Waals surface area (Å²) >= 11 is 0. The molecule has 0 saturated carbocycles. The third-order valence-electron chi connectivity index (χ3n) is 3.10. The first-order chi connectivity index (χ1) is 7.95. The van der Waals surface area contributed by atoms with Crippen LogP contribution in [0.2, 0.25) is 0 Å². The normalized spacial score (nSPS) is 24.1. The van der Waals surface area contributed by atoms with Gasteiger partial charge in [0.1, 0.15) is 6.20 Å². The van der Waals surface area contributed by atoms with Gasteiger partial charge in [0.25, 0.3) is 0 Å². The predicted octanol–water partition coefficient (Wildman–Crippen LogP) is 2.39. The highest BCUT2D eigenvalue weighted by Crippen LogP contribution is 2.40. The van der Waals surface area contributed by atoms with Crippen LogP contribution in [0.15, 0.2) is 30.5 Å². The van der Waals surface area contributed by atoms with Crippen molar-refractivity contribution in [2.24, 2.45) is 5.73 Å². The average molecular weight is 233 g/mol. The molecule has 0 radical (unpaired) electrons. The van der Waals surface area contributed by atoms with E-state index in [1.54, 1.807) is 13.2 Å². The van der Waals surface area contributed by atoms with Crippen molar-refractivity contribution in [3.05, 3.63) is 36.0 Å². The molecule has 2 rings (SSSR count). The Bertz CT molecular complexity index is 494. The number of amides is 1. The first kappa shape index (κ1) is 11.8. The Morgan fingerprint density at radius 2 is 2.12 bits per heavy atom. The summed E-state index contributed by atoms with van der Waals surface area (Å²) < 4.78 is -0.196. The van der Waals surface area contributed by atoms with Crippen LogP contribution >= 0.6 is 0 Å². The molecule has 0 saturated heterocycles. The van der Waals surface area contributed by atoms with E-state index >= 15 is 0 Å². The lowest BCUT2D eigenvalue weighted by atomic mass is 10.0. The average Bonchev–Trinajstić information content (AvgIpc) is 2.54. The maximum atomic E-state index is 11.4. The molecular formula is C13H17N2O2+. The molecule has 1 unspecified atom stereocenters. The van der Waals surface area contributed by atoms with Crippen molar-refractivity contribution >= 4 is 17.4 Å². The monoisotopic (exact) mass is 233 g/mol. The second-order valence-corrected chi connectivity index (χ2v) is 4.71. The number of nitrogens with two attached hydrogens (primary N) is 1. The van der Waals surface area contributed by atoms with Gasteiger partial charge >= 0.3 is 6.09 Å². The van der Waals surface area contributed by atoms with Gasteiger partial charge in [0, 0.05) is 23.2 Å². The van der Waals surface area contributed by atoms with Gasteiger partial charge in [-0.15, -0.1) is 0 Å². The smallest absolute Gasteiger partial charge is 0.435 e. The number of carbonyl (C=O) groups is 1. The third-order valence-corrected chi connectivity index (χ3v) is 3.10. The fraction of sp³-hybridized carbons (Fsp3) is 0.308. The number of hydrogen-bond donors (Lipinski definition) is 2. The molecule has 4 heteroatoms. The topological polar surface area (TPSA) is 63.3 Å². The van der Waals surface area contributed by atoms with Gasteiger partial charge in [-0.3, -0.25) is 0 Å². The third kappa shape index (κ3) is 1.85. The van der Waals surface area contributed by atoms with Crippen molar-refractivity contribution in [1.82, 2.24) is 4.48 Å². The van der Waals surface area contributed by atoms with E-state index in [0.29, 0.717) is 6.42 Å². The van der Waals surface area contributed by atoms with Crippen LogP contribution in [0.5, 0.6) is 0 Å². The fourth-order valence-electron chi connectivity index (χ4n) is 2.27. The molecule has 0 aliphatic carbocycles. The second-order valence-electron chi connectivity index (χ2n) is 4.71. The highest BCUT2D eigenvalue weighted by Gasteiger charge is 2.41. The van der Waals surface area contributed by atoms with Crippen LogP contribution in [-0.4, -0.2) is 24.3 Å². The van der Waals surface area contributed by atoms with E-state index < -0.39 is 6.09 Å². The van der Waals surface area contributed by atoms with Crippen molar-refractivity contribution < 1.29 is 9.90 Å². The van der Waals surface area contributed by atoms with E-state index in [4.69, 9.17) is 5.73 Å². The molecule has 4 nitrogen and oxygen atoms in total. The zero-order chi connectivity index (χ0) is 12.6. The molecule has 1 aliphatic heterocycles. The molecule has 1 aliphatic rings. The lowest BCUT2D eigenvalue weighted by Gasteiger charge is -2.19. The van der Waals surface area contributed by atoms with Crippen LogP contribution in [-0.2, 0) is 0 Å². The van der Waals surface area contributed by atoms with Crippen LogP contribution < -0.4 is 10.2 Å². The number of fused-ring (bicyclic) bond motifs is 1. The Morgan fingerprint density at radius 1 is 1.47 bits per heavy atom. The first-order valence-electron chi connectivity index (χ1n) is 5.62. The van der Waals surface area contributed by atoms with Gasteiger partial charge in [-0.1, -0.05) is 12.1 Å². The standard InChI is InChI=1S/C13H16N2O2/c1-9(14)7-10-8-15(2,13(16)17)12-6-4-3-5-11(10)12/h3-6,8-9H,7,14H2,1-2H3/p+1/t9-,15?/m1/s1. The highest BCUT2D eigenvalue weighted by molar-refractivity contribution is 5.94. The maximum Gasteiger partial charge on any atom is 0.523 e. The summed E-state index contributed by atoms with van der Waals surface area (Å²) in [5.74, 6) is 0. The highest BCUT2D eigenvalue weighted by atomic mass is 16.4. The molecule has 17 heavy (non-hydrogen) atoms. The van der Waals surface area contributed by atoms with Crippen LogP contribution in [0.1, 0.15) is 18.9 Å².